The van der Waals surface area contributed by atoms with Crippen molar-refractivity contribution >= 4 is 34.2 Å². The first-order chi connectivity index (χ1) is 8.66. The van der Waals surface area contributed by atoms with Crippen LogP contribution in [0.5, 0.6) is 0 Å². The van der Waals surface area contributed by atoms with Crippen molar-refractivity contribution in [3.63, 3.8) is 0 Å². The summed E-state index contributed by atoms with van der Waals surface area (Å²) in [5, 5.41) is 15.4. The predicted octanol–water partition coefficient (Wildman–Crippen LogP) is 1.88. The Morgan fingerprint density at radius 1 is 1.22 bits per heavy atom. The predicted molar refractivity (Wildman–Crippen MR) is 66.0 cm³/mol. The summed E-state index contributed by atoms with van der Waals surface area (Å²) in [6.07, 6.45) is 1.70. The average molecular weight is 264 g/mol. The molecule has 0 aliphatic heterocycles. The zero-order valence-electron chi connectivity index (χ0n) is 8.95. The summed E-state index contributed by atoms with van der Waals surface area (Å²) in [5.74, 6) is -0.519. The Hall–Kier alpha value is -2.48. The van der Waals surface area contributed by atoms with Gasteiger partial charge in [-0.05, 0) is 12.1 Å². The number of thiazole rings is 1. The fourth-order valence-corrected chi connectivity index (χ4v) is 1.77. The maximum Gasteiger partial charge on any atom is 0.409 e. The van der Waals surface area contributed by atoms with E-state index in [1.807, 2.05) is 0 Å². The minimum atomic E-state index is -1.26. The Bertz CT molecular complexity index is 570. The van der Waals surface area contributed by atoms with Crippen LogP contribution in [0.15, 0.2) is 29.9 Å². The van der Waals surface area contributed by atoms with E-state index in [-0.39, 0.29) is 11.4 Å². The molecular formula is C10H8N4O3S. The van der Waals surface area contributed by atoms with Crippen LogP contribution in [0.25, 0.3) is 0 Å². The number of hydrogen-bond acceptors (Lipinski definition) is 5. The van der Waals surface area contributed by atoms with Crippen molar-refractivity contribution in [2.24, 2.45) is 0 Å². The van der Waals surface area contributed by atoms with Crippen molar-refractivity contribution in [1.82, 2.24) is 9.97 Å². The number of carbonyl (C=O) groups is 2. The zero-order chi connectivity index (χ0) is 13.0. The minimum Gasteiger partial charge on any atom is -0.465 e. The van der Waals surface area contributed by atoms with Gasteiger partial charge in [0.15, 0.2) is 10.8 Å². The molecule has 2 aromatic heterocycles. The molecule has 0 spiro atoms. The van der Waals surface area contributed by atoms with Crippen LogP contribution in [0.1, 0.15) is 10.5 Å². The maximum absolute atomic E-state index is 11.9. The number of carbonyl (C=O) groups excluding carboxylic acids is 1. The van der Waals surface area contributed by atoms with Gasteiger partial charge in [-0.3, -0.25) is 15.4 Å². The molecule has 0 saturated carbocycles. The molecule has 7 nitrogen and oxygen atoms in total. The van der Waals surface area contributed by atoms with Crippen LogP contribution in [0, 0.1) is 0 Å². The van der Waals surface area contributed by atoms with Crippen LogP contribution in [-0.2, 0) is 0 Å². The number of nitrogens with zero attached hydrogens (tertiary/aromatic N) is 2. The van der Waals surface area contributed by atoms with Crippen LogP contribution in [-0.4, -0.2) is 27.1 Å². The largest absolute Gasteiger partial charge is 0.465 e. The first-order valence-electron chi connectivity index (χ1n) is 4.82. The van der Waals surface area contributed by atoms with Crippen molar-refractivity contribution in [3.05, 3.63) is 35.6 Å². The fourth-order valence-electron chi connectivity index (χ4n) is 1.24. The highest BCUT2D eigenvalue weighted by Crippen LogP contribution is 2.16. The number of rotatable bonds is 3. The number of carboxylic acid groups (broad SMARTS) is 1. The summed E-state index contributed by atoms with van der Waals surface area (Å²) in [6.45, 7) is 0. The molecule has 2 rings (SSSR count). The third-order valence-electron chi connectivity index (χ3n) is 1.92. The van der Waals surface area contributed by atoms with E-state index < -0.39 is 12.0 Å². The zero-order valence-corrected chi connectivity index (χ0v) is 9.77. The molecule has 8 heteroatoms. The highest BCUT2D eigenvalue weighted by molar-refractivity contribution is 7.13. The second-order valence-electron chi connectivity index (χ2n) is 3.12. The van der Waals surface area contributed by atoms with Gasteiger partial charge in [0.2, 0.25) is 0 Å². The standard InChI is InChI=1S/C10H8N4O3S/c15-8(14-9-12-4-5-18-9)7-6(13-10(16)17)2-1-3-11-7/h1-5,13H,(H,16,17)(H,12,14,15). The molecule has 0 radical (unpaired) electrons. The second-order valence-corrected chi connectivity index (χ2v) is 4.02. The summed E-state index contributed by atoms with van der Waals surface area (Å²) < 4.78 is 0. The molecule has 0 unspecified atom stereocenters. The summed E-state index contributed by atoms with van der Waals surface area (Å²) in [6, 6.07) is 2.99. The molecule has 2 heterocycles. The van der Waals surface area contributed by atoms with Gasteiger partial charge in [0.1, 0.15) is 0 Å². The van der Waals surface area contributed by atoms with E-state index in [1.165, 1.54) is 29.7 Å². The lowest BCUT2D eigenvalue weighted by Gasteiger charge is -2.06. The van der Waals surface area contributed by atoms with Gasteiger partial charge >= 0.3 is 6.09 Å². The highest BCUT2D eigenvalue weighted by Gasteiger charge is 2.15. The quantitative estimate of drug-likeness (QED) is 0.785. The van der Waals surface area contributed by atoms with Gasteiger partial charge in [-0.2, -0.15) is 0 Å². The fraction of sp³-hybridized carbons (Fsp3) is 0. The van der Waals surface area contributed by atoms with Gasteiger partial charge in [-0.25, -0.2) is 14.8 Å². The molecule has 18 heavy (non-hydrogen) atoms. The molecule has 0 aromatic carbocycles. The molecule has 0 fully saturated rings. The van der Waals surface area contributed by atoms with Gasteiger partial charge in [-0.1, -0.05) is 0 Å². The Balaban J connectivity index is 2.21. The van der Waals surface area contributed by atoms with Crippen molar-refractivity contribution in [3.8, 4) is 0 Å². The van der Waals surface area contributed by atoms with E-state index in [1.54, 1.807) is 11.6 Å². The number of aromatic nitrogens is 2. The highest BCUT2D eigenvalue weighted by atomic mass is 32.1. The van der Waals surface area contributed by atoms with Crippen molar-refractivity contribution in [2.45, 2.75) is 0 Å². The molecule has 3 N–H and O–H groups in total. The number of anilines is 2. The molecule has 92 valence electrons. The summed E-state index contributed by atoms with van der Waals surface area (Å²) in [7, 11) is 0. The third-order valence-corrected chi connectivity index (χ3v) is 2.61. The van der Waals surface area contributed by atoms with Gasteiger partial charge in [0, 0.05) is 17.8 Å². The van der Waals surface area contributed by atoms with Crippen molar-refractivity contribution < 1.29 is 14.7 Å². The van der Waals surface area contributed by atoms with Crippen LogP contribution in [0.4, 0.5) is 15.6 Å². The Kier molecular flexibility index (Phi) is 3.49. The lowest BCUT2D eigenvalue weighted by Crippen LogP contribution is -2.18. The first-order valence-corrected chi connectivity index (χ1v) is 5.70. The van der Waals surface area contributed by atoms with Crippen molar-refractivity contribution in [1.29, 1.82) is 0 Å². The van der Waals surface area contributed by atoms with Gasteiger partial charge in [-0.15, -0.1) is 11.3 Å². The summed E-state index contributed by atoms with van der Waals surface area (Å²) in [4.78, 5) is 30.2. The number of amides is 2. The van der Waals surface area contributed by atoms with Crippen molar-refractivity contribution in [2.75, 3.05) is 10.6 Å². The van der Waals surface area contributed by atoms with Gasteiger partial charge in [0.25, 0.3) is 5.91 Å². The van der Waals surface area contributed by atoms with E-state index in [2.05, 4.69) is 20.6 Å². The summed E-state index contributed by atoms with van der Waals surface area (Å²) in [5.41, 5.74) is 0.120. The lowest BCUT2D eigenvalue weighted by atomic mass is 10.3. The number of nitrogens with one attached hydrogen (secondary N) is 2. The van der Waals surface area contributed by atoms with Crippen LogP contribution in [0.2, 0.25) is 0 Å². The normalized spacial score (nSPS) is 9.78. The van der Waals surface area contributed by atoms with Crippen LogP contribution in [0.3, 0.4) is 0 Å². The van der Waals surface area contributed by atoms with E-state index >= 15 is 0 Å². The minimum absolute atomic E-state index is 0.00454. The molecule has 0 aliphatic carbocycles. The van der Waals surface area contributed by atoms with E-state index in [0.717, 1.165) is 0 Å². The molecule has 0 aliphatic rings. The molecule has 0 bridgehead atoms. The molecule has 0 saturated heterocycles. The number of hydrogen-bond donors (Lipinski definition) is 3. The van der Waals surface area contributed by atoms with Crippen LogP contribution >= 0.6 is 11.3 Å². The van der Waals surface area contributed by atoms with E-state index in [0.29, 0.717) is 5.13 Å². The second kappa shape index (κ2) is 5.23. The van der Waals surface area contributed by atoms with Crippen LogP contribution < -0.4 is 10.6 Å². The summed E-state index contributed by atoms with van der Waals surface area (Å²) >= 11 is 1.26. The third kappa shape index (κ3) is 2.80. The SMILES string of the molecule is O=C(O)Nc1cccnc1C(=O)Nc1nccs1. The topological polar surface area (TPSA) is 104 Å². The van der Waals surface area contributed by atoms with E-state index in [4.69, 9.17) is 5.11 Å². The van der Waals surface area contributed by atoms with Gasteiger partial charge < -0.3 is 5.11 Å². The molecule has 0 atom stereocenters. The first kappa shape index (κ1) is 12.0. The molecular weight excluding hydrogens is 256 g/mol. The smallest absolute Gasteiger partial charge is 0.409 e. The lowest BCUT2D eigenvalue weighted by molar-refractivity contribution is 0.102. The van der Waals surface area contributed by atoms with E-state index in [9.17, 15) is 9.59 Å². The Labute approximate surface area is 106 Å². The Morgan fingerprint density at radius 3 is 2.72 bits per heavy atom. The molecule has 2 amide bonds. The molecule has 2 aromatic rings. The monoisotopic (exact) mass is 264 g/mol. The Morgan fingerprint density at radius 2 is 2.06 bits per heavy atom. The number of pyridine rings is 1. The van der Waals surface area contributed by atoms with Gasteiger partial charge in [0.05, 0.1) is 5.69 Å². The average Bonchev–Trinajstić information content (AvgIpc) is 2.81. The maximum atomic E-state index is 11.9.